The molecule has 0 heterocycles. The summed E-state index contributed by atoms with van der Waals surface area (Å²) in [5.74, 6) is 0. The molecular formula is C16H19NS. The van der Waals surface area contributed by atoms with Crippen molar-refractivity contribution in [3.05, 3.63) is 59.2 Å². The van der Waals surface area contributed by atoms with Crippen molar-refractivity contribution in [2.75, 3.05) is 5.73 Å². The lowest BCUT2D eigenvalue weighted by Crippen LogP contribution is -1.92. The number of benzene rings is 2. The van der Waals surface area contributed by atoms with Gasteiger partial charge in [-0.3, -0.25) is 0 Å². The highest BCUT2D eigenvalue weighted by atomic mass is 32.2. The summed E-state index contributed by atoms with van der Waals surface area (Å²) in [4.78, 5) is 1.31. The number of thioether (sulfide) groups is 1. The molecule has 2 heteroatoms. The summed E-state index contributed by atoms with van der Waals surface area (Å²) < 4.78 is 0. The molecule has 94 valence electrons. The number of nitrogens with two attached hydrogens (primary N) is 1. The molecule has 0 aliphatic carbocycles. The molecule has 0 bridgehead atoms. The predicted molar refractivity (Wildman–Crippen MR) is 81.0 cm³/mol. The monoisotopic (exact) mass is 257 g/mol. The fourth-order valence-electron chi connectivity index (χ4n) is 1.87. The maximum atomic E-state index is 5.82. The lowest BCUT2D eigenvalue weighted by atomic mass is 10.1. The van der Waals surface area contributed by atoms with E-state index in [0.29, 0.717) is 5.25 Å². The van der Waals surface area contributed by atoms with E-state index in [1.807, 2.05) is 23.9 Å². The third kappa shape index (κ3) is 3.08. The first-order valence-corrected chi connectivity index (χ1v) is 7.03. The molecule has 0 spiro atoms. The molecule has 0 fully saturated rings. The van der Waals surface area contributed by atoms with Gasteiger partial charge in [0.15, 0.2) is 0 Å². The van der Waals surface area contributed by atoms with Crippen LogP contribution in [0, 0.1) is 13.8 Å². The van der Waals surface area contributed by atoms with Gasteiger partial charge in [-0.2, -0.15) is 0 Å². The molecule has 1 unspecified atom stereocenters. The first kappa shape index (κ1) is 13.0. The quantitative estimate of drug-likeness (QED) is 0.635. The van der Waals surface area contributed by atoms with Gasteiger partial charge in [0.05, 0.1) is 0 Å². The van der Waals surface area contributed by atoms with Crippen LogP contribution in [-0.2, 0) is 0 Å². The van der Waals surface area contributed by atoms with Gasteiger partial charge >= 0.3 is 0 Å². The van der Waals surface area contributed by atoms with E-state index in [0.717, 1.165) is 5.69 Å². The number of hydrogen-bond acceptors (Lipinski definition) is 2. The van der Waals surface area contributed by atoms with Crippen molar-refractivity contribution in [3.8, 4) is 0 Å². The van der Waals surface area contributed by atoms with Crippen molar-refractivity contribution in [2.24, 2.45) is 0 Å². The van der Waals surface area contributed by atoms with Gasteiger partial charge in [-0.05, 0) is 61.7 Å². The summed E-state index contributed by atoms with van der Waals surface area (Å²) in [7, 11) is 0. The number of aryl methyl sites for hydroxylation is 2. The van der Waals surface area contributed by atoms with Crippen LogP contribution in [0.4, 0.5) is 5.69 Å². The van der Waals surface area contributed by atoms with Crippen LogP contribution in [0.2, 0.25) is 0 Å². The first-order chi connectivity index (χ1) is 8.56. The molecule has 18 heavy (non-hydrogen) atoms. The van der Waals surface area contributed by atoms with Crippen LogP contribution in [0.3, 0.4) is 0 Å². The van der Waals surface area contributed by atoms with Crippen molar-refractivity contribution < 1.29 is 0 Å². The summed E-state index contributed by atoms with van der Waals surface area (Å²) in [5, 5.41) is 0.413. The van der Waals surface area contributed by atoms with Crippen LogP contribution >= 0.6 is 11.8 Å². The van der Waals surface area contributed by atoms with Crippen LogP contribution < -0.4 is 5.73 Å². The fourth-order valence-corrected chi connectivity index (χ4v) is 2.95. The Morgan fingerprint density at radius 1 is 1.00 bits per heavy atom. The highest BCUT2D eigenvalue weighted by Gasteiger charge is 2.08. The van der Waals surface area contributed by atoms with Crippen LogP contribution in [0.25, 0.3) is 0 Å². The Morgan fingerprint density at radius 3 is 2.44 bits per heavy atom. The largest absolute Gasteiger partial charge is 0.399 e. The summed E-state index contributed by atoms with van der Waals surface area (Å²) in [6, 6.07) is 14.8. The highest BCUT2D eigenvalue weighted by Crippen LogP contribution is 2.35. The normalized spacial score (nSPS) is 12.4. The van der Waals surface area contributed by atoms with E-state index < -0.39 is 0 Å². The van der Waals surface area contributed by atoms with Gasteiger partial charge in [0.25, 0.3) is 0 Å². The zero-order valence-electron chi connectivity index (χ0n) is 11.1. The van der Waals surface area contributed by atoms with E-state index in [2.05, 4.69) is 51.1 Å². The predicted octanol–water partition coefficient (Wildman–Crippen LogP) is 4.74. The second-order valence-corrected chi connectivity index (χ2v) is 6.09. The molecular weight excluding hydrogens is 238 g/mol. The van der Waals surface area contributed by atoms with Crippen molar-refractivity contribution in [2.45, 2.75) is 30.9 Å². The molecule has 0 aliphatic heterocycles. The van der Waals surface area contributed by atoms with Crippen LogP contribution in [0.15, 0.2) is 47.4 Å². The molecule has 0 radical (unpaired) electrons. The summed E-state index contributed by atoms with van der Waals surface area (Å²) in [6.07, 6.45) is 0. The molecule has 2 rings (SSSR count). The smallest absolute Gasteiger partial charge is 0.0317 e. The summed E-state index contributed by atoms with van der Waals surface area (Å²) in [5.41, 5.74) is 10.6. The van der Waals surface area contributed by atoms with Crippen molar-refractivity contribution in [1.82, 2.24) is 0 Å². The van der Waals surface area contributed by atoms with Gasteiger partial charge < -0.3 is 5.73 Å². The topological polar surface area (TPSA) is 26.0 Å². The fraction of sp³-hybridized carbons (Fsp3) is 0.250. The van der Waals surface area contributed by atoms with Gasteiger partial charge in [0, 0.05) is 15.8 Å². The minimum absolute atomic E-state index is 0.413. The average molecular weight is 257 g/mol. The molecule has 2 N–H and O–H groups in total. The van der Waals surface area contributed by atoms with Gasteiger partial charge in [0.2, 0.25) is 0 Å². The molecule has 0 aromatic heterocycles. The zero-order chi connectivity index (χ0) is 13.1. The first-order valence-electron chi connectivity index (χ1n) is 6.15. The Hall–Kier alpha value is -1.41. The van der Waals surface area contributed by atoms with Gasteiger partial charge in [-0.15, -0.1) is 11.8 Å². The SMILES string of the molecule is Cc1ccc(SC(C)c2cccc(N)c2)cc1C. The van der Waals surface area contributed by atoms with Gasteiger partial charge in [-0.1, -0.05) is 18.2 Å². The minimum atomic E-state index is 0.413. The Labute approximate surface area is 113 Å². The number of anilines is 1. The maximum Gasteiger partial charge on any atom is 0.0317 e. The second-order valence-electron chi connectivity index (χ2n) is 4.68. The summed E-state index contributed by atoms with van der Waals surface area (Å²) >= 11 is 1.87. The molecule has 0 saturated heterocycles. The Kier molecular flexibility index (Phi) is 3.97. The zero-order valence-corrected chi connectivity index (χ0v) is 11.9. The Balaban J connectivity index is 2.16. The average Bonchev–Trinajstić information content (AvgIpc) is 2.34. The van der Waals surface area contributed by atoms with E-state index >= 15 is 0 Å². The molecule has 0 amide bonds. The van der Waals surface area contributed by atoms with Crippen LogP contribution in [0.5, 0.6) is 0 Å². The van der Waals surface area contributed by atoms with Crippen molar-refractivity contribution >= 4 is 17.4 Å². The summed E-state index contributed by atoms with van der Waals surface area (Å²) in [6.45, 7) is 6.52. The lowest BCUT2D eigenvalue weighted by Gasteiger charge is -2.13. The molecule has 1 atom stereocenters. The van der Waals surface area contributed by atoms with Crippen molar-refractivity contribution in [3.63, 3.8) is 0 Å². The molecule has 0 aliphatic rings. The van der Waals surface area contributed by atoms with E-state index in [-0.39, 0.29) is 0 Å². The lowest BCUT2D eigenvalue weighted by molar-refractivity contribution is 1.09. The van der Waals surface area contributed by atoms with E-state index in [4.69, 9.17) is 5.73 Å². The van der Waals surface area contributed by atoms with Crippen LogP contribution in [-0.4, -0.2) is 0 Å². The van der Waals surface area contributed by atoms with Crippen molar-refractivity contribution in [1.29, 1.82) is 0 Å². The maximum absolute atomic E-state index is 5.82. The molecule has 2 aromatic carbocycles. The van der Waals surface area contributed by atoms with E-state index in [1.54, 1.807) is 0 Å². The Bertz CT molecular complexity index is 549. The molecule has 1 nitrogen and oxygen atoms in total. The molecule has 2 aromatic rings. The third-order valence-electron chi connectivity index (χ3n) is 3.17. The Morgan fingerprint density at radius 2 is 1.78 bits per heavy atom. The number of nitrogen functional groups attached to an aromatic ring is 1. The standard InChI is InChI=1S/C16H19NS/c1-11-7-8-16(9-12(11)2)18-13(3)14-5-4-6-15(17)10-14/h4-10,13H,17H2,1-3H3. The third-order valence-corrected chi connectivity index (χ3v) is 4.32. The minimum Gasteiger partial charge on any atom is -0.399 e. The number of rotatable bonds is 3. The molecule has 0 saturated carbocycles. The van der Waals surface area contributed by atoms with Gasteiger partial charge in [-0.25, -0.2) is 0 Å². The number of hydrogen-bond donors (Lipinski definition) is 1. The second kappa shape index (κ2) is 5.49. The van der Waals surface area contributed by atoms with Gasteiger partial charge in [0.1, 0.15) is 0 Å². The van der Waals surface area contributed by atoms with E-state index in [9.17, 15) is 0 Å². The highest BCUT2D eigenvalue weighted by molar-refractivity contribution is 7.99. The van der Waals surface area contributed by atoms with Crippen LogP contribution in [0.1, 0.15) is 28.9 Å². The van der Waals surface area contributed by atoms with E-state index in [1.165, 1.54) is 21.6 Å².